The number of carbonyl (C=O) groups is 3. The van der Waals surface area contributed by atoms with E-state index >= 15 is 0 Å². The summed E-state index contributed by atoms with van der Waals surface area (Å²) < 4.78 is 9.58. The smallest absolute Gasteiger partial charge is 0.307 e. The molecular weight excluding hydrogens is 250 g/mol. The van der Waals surface area contributed by atoms with E-state index in [1.807, 2.05) is 0 Å². The number of hydrogen-bond donors (Lipinski definition) is 0. The van der Waals surface area contributed by atoms with Gasteiger partial charge < -0.3 is 14.4 Å². The maximum atomic E-state index is 11.8. The summed E-state index contributed by atoms with van der Waals surface area (Å²) in [6.07, 6.45) is 0.0339. The predicted octanol–water partition coefficient (Wildman–Crippen LogP) is 0.788. The quantitative estimate of drug-likeness (QED) is 0.593. The standard InChI is InChI=1S/C13H13NO5/c1-18-8-3-4-9-10(7-8)14(13(17)12(9)16)6-5-11(15)19-2/h3-4,7H,5-6H2,1-2H3. The van der Waals surface area contributed by atoms with Gasteiger partial charge in [-0.3, -0.25) is 14.4 Å². The molecule has 1 aromatic rings. The van der Waals surface area contributed by atoms with Crippen molar-refractivity contribution in [1.82, 2.24) is 0 Å². The zero-order valence-electron chi connectivity index (χ0n) is 10.6. The van der Waals surface area contributed by atoms with Crippen LogP contribution in [0.3, 0.4) is 0 Å². The third kappa shape index (κ3) is 2.29. The third-order valence-corrected chi connectivity index (χ3v) is 2.95. The number of hydrogen-bond acceptors (Lipinski definition) is 5. The van der Waals surface area contributed by atoms with Gasteiger partial charge in [0.25, 0.3) is 11.7 Å². The minimum absolute atomic E-state index is 0.0339. The number of nitrogens with zero attached hydrogens (tertiary/aromatic N) is 1. The lowest BCUT2D eigenvalue weighted by Crippen LogP contribution is -2.31. The van der Waals surface area contributed by atoms with Crippen LogP contribution in [-0.2, 0) is 14.3 Å². The van der Waals surface area contributed by atoms with E-state index < -0.39 is 17.7 Å². The molecule has 6 heteroatoms. The first-order chi connectivity index (χ1) is 9.08. The van der Waals surface area contributed by atoms with E-state index in [1.54, 1.807) is 18.2 Å². The highest BCUT2D eigenvalue weighted by molar-refractivity contribution is 6.52. The third-order valence-electron chi connectivity index (χ3n) is 2.95. The molecule has 0 N–H and O–H groups in total. The number of ether oxygens (including phenoxy) is 2. The molecule has 0 fully saturated rings. The summed E-state index contributed by atoms with van der Waals surface area (Å²) in [5.74, 6) is -1.09. The number of ketones is 1. The van der Waals surface area contributed by atoms with Crippen LogP contribution in [-0.4, -0.2) is 38.4 Å². The SMILES string of the molecule is COC(=O)CCN1C(=O)C(=O)c2ccc(OC)cc21. The van der Waals surface area contributed by atoms with Gasteiger partial charge in [-0.05, 0) is 12.1 Å². The number of amides is 1. The molecule has 100 valence electrons. The van der Waals surface area contributed by atoms with Gasteiger partial charge in [0.2, 0.25) is 0 Å². The molecule has 1 aromatic carbocycles. The first kappa shape index (κ1) is 13.1. The van der Waals surface area contributed by atoms with Crippen molar-refractivity contribution < 1.29 is 23.9 Å². The first-order valence-electron chi connectivity index (χ1n) is 5.69. The van der Waals surface area contributed by atoms with Crippen LogP contribution in [0.4, 0.5) is 5.69 Å². The Bertz CT molecular complexity index is 552. The topological polar surface area (TPSA) is 72.9 Å². The summed E-state index contributed by atoms with van der Waals surface area (Å²) in [7, 11) is 2.77. The van der Waals surface area contributed by atoms with Crippen molar-refractivity contribution in [3.63, 3.8) is 0 Å². The summed E-state index contributed by atoms with van der Waals surface area (Å²) in [5, 5.41) is 0. The van der Waals surface area contributed by atoms with Crippen molar-refractivity contribution in [2.24, 2.45) is 0 Å². The number of rotatable bonds is 4. The number of carbonyl (C=O) groups excluding carboxylic acids is 3. The molecule has 6 nitrogen and oxygen atoms in total. The minimum Gasteiger partial charge on any atom is -0.497 e. The van der Waals surface area contributed by atoms with Gasteiger partial charge >= 0.3 is 5.97 Å². The van der Waals surface area contributed by atoms with Gasteiger partial charge in [-0.15, -0.1) is 0 Å². The fraction of sp³-hybridized carbons (Fsp3) is 0.308. The van der Waals surface area contributed by atoms with Crippen LogP contribution < -0.4 is 9.64 Å². The molecule has 1 aliphatic heterocycles. The van der Waals surface area contributed by atoms with Crippen LogP contribution >= 0.6 is 0 Å². The van der Waals surface area contributed by atoms with Crippen LogP contribution in [0.25, 0.3) is 0 Å². The van der Waals surface area contributed by atoms with Crippen molar-refractivity contribution in [3.05, 3.63) is 23.8 Å². The zero-order chi connectivity index (χ0) is 14.0. The molecule has 2 rings (SSSR count). The molecule has 0 saturated carbocycles. The lowest BCUT2D eigenvalue weighted by molar-refractivity contribution is -0.140. The van der Waals surface area contributed by atoms with E-state index in [1.165, 1.54) is 19.1 Å². The number of fused-ring (bicyclic) bond motifs is 1. The van der Waals surface area contributed by atoms with Gasteiger partial charge in [0.15, 0.2) is 0 Å². The average molecular weight is 263 g/mol. The van der Waals surface area contributed by atoms with Gasteiger partial charge in [-0.2, -0.15) is 0 Å². The van der Waals surface area contributed by atoms with E-state index in [0.717, 1.165) is 0 Å². The van der Waals surface area contributed by atoms with Gasteiger partial charge in [0.05, 0.1) is 31.9 Å². The lowest BCUT2D eigenvalue weighted by atomic mass is 10.1. The second-order valence-electron chi connectivity index (χ2n) is 4.00. The van der Waals surface area contributed by atoms with E-state index in [4.69, 9.17) is 4.74 Å². The Morgan fingerprint density at radius 2 is 2.00 bits per heavy atom. The van der Waals surface area contributed by atoms with Crippen LogP contribution in [0.2, 0.25) is 0 Å². The maximum absolute atomic E-state index is 11.8. The normalized spacial score (nSPS) is 13.5. The number of Topliss-reactive ketones (excluding diaryl/α,β-unsaturated/α-hetero) is 1. The number of methoxy groups -OCH3 is 2. The number of anilines is 1. The first-order valence-corrected chi connectivity index (χ1v) is 5.69. The summed E-state index contributed by atoms with van der Waals surface area (Å²) in [5.41, 5.74) is 0.800. The Kier molecular flexibility index (Phi) is 3.50. The predicted molar refractivity (Wildman–Crippen MR) is 66.3 cm³/mol. The molecular formula is C13H13NO5. The van der Waals surface area contributed by atoms with Crippen molar-refractivity contribution in [2.45, 2.75) is 6.42 Å². The highest BCUT2D eigenvalue weighted by Crippen LogP contribution is 2.32. The van der Waals surface area contributed by atoms with E-state index in [0.29, 0.717) is 17.0 Å². The Labute approximate surface area is 109 Å². The summed E-state index contributed by atoms with van der Waals surface area (Å²) in [6.45, 7) is 0.109. The Balaban J connectivity index is 2.28. The average Bonchev–Trinajstić information content (AvgIpc) is 2.68. The van der Waals surface area contributed by atoms with Crippen LogP contribution in [0.1, 0.15) is 16.8 Å². The largest absolute Gasteiger partial charge is 0.497 e. The second kappa shape index (κ2) is 5.09. The molecule has 0 aliphatic carbocycles. The molecule has 0 saturated heterocycles. The number of benzene rings is 1. The molecule has 19 heavy (non-hydrogen) atoms. The Morgan fingerprint density at radius 3 is 2.63 bits per heavy atom. The molecule has 0 radical (unpaired) electrons. The van der Waals surface area contributed by atoms with E-state index in [-0.39, 0.29) is 13.0 Å². The van der Waals surface area contributed by atoms with Crippen LogP contribution in [0.15, 0.2) is 18.2 Å². The monoisotopic (exact) mass is 263 g/mol. The summed E-state index contributed by atoms with van der Waals surface area (Å²) in [4.78, 5) is 36.0. The molecule has 1 aliphatic rings. The van der Waals surface area contributed by atoms with Crippen LogP contribution in [0, 0.1) is 0 Å². The van der Waals surface area contributed by atoms with E-state index in [9.17, 15) is 14.4 Å². The molecule has 0 bridgehead atoms. The van der Waals surface area contributed by atoms with Crippen molar-refractivity contribution >= 4 is 23.3 Å². The molecule has 1 amide bonds. The van der Waals surface area contributed by atoms with Crippen molar-refractivity contribution in [1.29, 1.82) is 0 Å². The van der Waals surface area contributed by atoms with Gasteiger partial charge in [-0.1, -0.05) is 0 Å². The fourth-order valence-electron chi connectivity index (χ4n) is 1.93. The highest BCUT2D eigenvalue weighted by atomic mass is 16.5. The van der Waals surface area contributed by atoms with Crippen LogP contribution in [0.5, 0.6) is 5.75 Å². The van der Waals surface area contributed by atoms with Gasteiger partial charge in [-0.25, -0.2) is 0 Å². The van der Waals surface area contributed by atoms with Gasteiger partial charge in [0.1, 0.15) is 5.75 Å². The summed E-state index contributed by atoms with van der Waals surface area (Å²) in [6, 6.07) is 4.77. The van der Waals surface area contributed by atoms with Gasteiger partial charge in [0, 0.05) is 12.6 Å². The van der Waals surface area contributed by atoms with Crippen molar-refractivity contribution in [2.75, 3.05) is 25.7 Å². The Morgan fingerprint density at radius 1 is 1.26 bits per heavy atom. The lowest BCUT2D eigenvalue weighted by Gasteiger charge is -2.16. The highest BCUT2D eigenvalue weighted by Gasteiger charge is 2.36. The van der Waals surface area contributed by atoms with E-state index in [2.05, 4.69) is 4.74 Å². The second-order valence-corrected chi connectivity index (χ2v) is 4.00. The summed E-state index contributed by atoms with van der Waals surface area (Å²) >= 11 is 0. The molecule has 0 unspecified atom stereocenters. The van der Waals surface area contributed by atoms with Crippen molar-refractivity contribution in [3.8, 4) is 5.75 Å². The fourth-order valence-corrected chi connectivity index (χ4v) is 1.93. The zero-order valence-corrected chi connectivity index (χ0v) is 10.6. The molecule has 0 spiro atoms. The molecule has 0 aromatic heterocycles. The molecule has 0 atom stereocenters. The molecule has 1 heterocycles. The minimum atomic E-state index is -0.632. The number of esters is 1. The Hall–Kier alpha value is -2.37. The maximum Gasteiger partial charge on any atom is 0.307 e.